The van der Waals surface area contributed by atoms with E-state index in [0.717, 1.165) is 0 Å². The molecule has 0 atom stereocenters. The molecule has 0 bridgehead atoms. The molecule has 0 saturated carbocycles. The number of hydrogen-bond acceptors (Lipinski definition) is 0. The van der Waals surface area contributed by atoms with Gasteiger partial charge in [-0.25, -0.2) is 0 Å². The van der Waals surface area contributed by atoms with Gasteiger partial charge in [0.2, 0.25) is 0 Å². The van der Waals surface area contributed by atoms with E-state index in [1.807, 2.05) is 0 Å². The van der Waals surface area contributed by atoms with E-state index in [1.54, 1.807) is 5.57 Å². The standard InChI is InChI=1S/C12H24/c1-7-11(8-10(2)3)9-12(4,5)6/h8,10H,7,9H2,1-6H3/b11-8+. The number of allylic oxidation sites excluding steroid dienone is 2. The van der Waals surface area contributed by atoms with E-state index in [2.05, 4.69) is 47.6 Å². The van der Waals surface area contributed by atoms with E-state index < -0.39 is 0 Å². The molecule has 0 spiro atoms. The SMILES string of the molecule is CC/C(=C\C(C)C)CC(C)(C)C. The van der Waals surface area contributed by atoms with E-state index in [0.29, 0.717) is 11.3 Å². The summed E-state index contributed by atoms with van der Waals surface area (Å²) in [5.74, 6) is 0.697. The fraction of sp³-hybridized carbons (Fsp3) is 0.833. The van der Waals surface area contributed by atoms with Gasteiger partial charge in [-0.15, -0.1) is 0 Å². The van der Waals surface area contributed by atoms with Crippen LogP contribution < -0.4 is 0 Å². The zero-order valence-corrected chi connectivity index (χ0v) is 9.57. The van der Waals surface area contributed by atoms with Crippen molar-refractivity contribution in [1.82, 2.24) is 0 Å². The lowest BCUT2D eigenvalue weighted by Crippen LogP contribution is -2.06. The summed E-state index contributed by atoms with van der Waals surface area (Å²) < 4.78 is 0. The largest absolute Gasteiger partial charge is 0.0828 e. The van der Waals surface area contributed by atoms with Crippen molar-refractivity contribution in [3.8, 4) is 0 Å². The molecule has 0 radical (unpaired) electrons. The van der Waals surface area contributed by atoms with Crippen LogP contribution in [0.1, 0.15) is 54.4 Å². The van der Waals surface area contributed by atoms with Gasteiger partial charge in [0.1, 0.15) is 0 Å². The molecular formula is C12H24. The van der Waals surface area contributed by atoms with Crippen LogP contribution in [0.4, 0.5) is 0 Å². The van der Waals surface area contributed by atoms with Crippen LogP contribution in [-0.2, 0) is 0 Å². The van der Waals surface area contributed by atoms with Crippen molar-refractivity contribution in [1.29, 1.82) is 0 Å². The topological polar surface area (TPSA) is 0 Å². The second kappa shape index (κ2) is 4.69. The van der Waals surface area contributed by atoms with Gasteiger partial charge in [0.25, 0.3) is 0 Å². The molecule has 0 aliphatic carbocycles. The fourth-order valence-electron chi connectivity index (χ4n) is 1.45. The van der Waals surface area contributed by atoms with Crippen molar-refractivity contribution >= 4 is 0 Å². The van der Waals surface area contributed by atoms with Gasteiger partial charge in [0, 0.05) is 0 Å². The third kappa shape index (κ3) is 6.45. The molecule has 0 fully saturated rings. The maximum absolute atomic E-state index is 2.41. The van der Waals surface area contributed by atoms with Crippen LogP contribution in [0.2, 0.25) is 0 Å². The number of hydrogen-bond donors (Lipinski definition) is 0. The van der Waals surface area contributed by atoms with Gasteiger partial charge in [0.05, 0.1) is 0 Å². The zero-order valence-electron chi connectivity index (χ0n) is 9.57. The zero-order chi connectivity index (χ0) is 9.78. The van der Waals surface area contributed by atoms with Gasteiger partial charge in [-0.1, -0.05) is 53.2 Å². The highest BCUT2D eigenvalue weighted by Crippen LogP contribution is 2.26. The van der Waals surface area contributed by atoms with Crippen LogP contribution in [0, 0.1) is 11.3 Å². The number of rotatable bonds is 3. The maximum Gasteiger partial charge on any atom is -0.0271 e. The van der Waals surface area contributed by atoms with Crippen LogP contribution in [0.3, 0.4) is 0 Å². The third-order valence-corrected chi connectivity index (χ3v) is 1.78. The molecule has 0 aliphatic heterocycles. The molecule has 0 aromatic rings. The van der Waals surface area contributed by atoms with Crippen LogP contribution >= 0.6 is 0 Å². The first kappa shape index (κ1) is 11.7. The first-order chi connectivity index (χ1) is 5.35. The molecule has 0 saturated heterocycles. The Hall–Kier alpha value is -0.260. The van der Waals surface area contributed by atoms with Crippen molar-refractivity contribution in [2.75, 3.05) is 0 Å². The predicted octanol–water partition coefficient (Wildman–Crippen LogP) is 4.42. The Balaban J connectivity index is 4.18. The summed E-state index contributed by atoms with van der Waals surface area (Å²) in [5, 5.41) is 0. The Morgan fingerprint density at radius 3 is 2.00 bits per heavy atom. The molecular weight excluding hydrogens is 144 g/mol. The lowest BCUT2D eigenvalue weighted by atomic mass is 9.86. The summed E-state index contributed by atoms with van der Waals surface area (Å²) in [4.78, 5) is 0. The Morgan fingerprint density at radius 1 is 1.25 bits per heavy atom. The molecule has 0 aromatic heterocycles. The molecule has 0 aromatic carbocycles. The molecule has 0 N–H and O–H groups in total. The normalized spacial score (nSPS) is 14.1. The molecule has 72 valence electrons. The first-order valence-electron chi connectivity index (χ1n) is 5.04. The van der Waals surface area contributed by atoms with Crippen molar-refractivity contribution in [2.45, 2.75) is 54.4 Å². The van der Waals surface area contributed by atoms with Crippen LogP contribution in [0.5, 0.6) is 0 Å². The highest BCUT2D eigenvalue weighted by atomic mass is 14.2. The summed E-state index contributed by atoms with van der Waals surface area (Å²) in [6.45, 7) is 13.7. The molecule has 0 nitrogen and oxygen atoms in total. The Bertz CT molecular complexity index is 144. The van der Waals surface area contributed by atoms with E-state index >= 15 is 0 Å². The molecule has 0 rings (SSSR count). The van der Waals surface area contributed by atoms with E-state index in [4.69, 9.17) is 0 Å². The van der Waals surface area contributed by atoms with Gasteiger partial charge in [-0.2, -0.15) is 0 Å². The summed E-state index contributed by atoms with van der Waals surface area (Å²) >= 11 is 0. The Labute approximate surface area is 78.1 Å². The molecule has 0 aliphatic rings. The molecule has 0 heteroatoms. The fourth-order valence-corrected chi connectivity index (χ4v) is 1.45. The monoisotopic (exact) mass is 168 g/mol. The highest BCUT2D eigenvalue weighted by Gasteiger charge is 2.11. The maximum atomic E-state index is 2.41. The van der Waals surface area contributed by atoms with E-state index in [9.17, 15) is 0 Å². The van der Waals surface area contributed by atoms with Gasteiger partial charge in [0.15, 0.2) is 0 Å². The summed E-state index contributed by atoms with van der Waals surface area (Å²) in [6, 6.07) is 0. The van der Waals surface area contributed by atoms with E-state index in [-0.39, 0.29) is 0 Å². The second-order valence-corrected chi connectivity index (χ2v) is 5.16. The molecule has 12 heavy (non-hydrogen) atoms. The molecule has 0 amide bonds. The quantitative estimate of drug-likeness (QED) is 0.547. The highest BCUT2D eigenvalue weighted by molar-refractivity contribution is 5.04. The van der Waals surface area contributed by atoms with Crippen molar-refractivity contribution in [2.24, 2.45) is 11.3 Å². The lowest BCUT2D eigenvalue weighted by Gasteiger charge is -2.20. The smallest absolute Gasteiger partial charge is 0.0271 e. The Morgan fingerprint density at radius 2 is 1.75 bits per heavy atom. The summed E-state index contributed by atoms with van der Waals surface area (Å²) in [5.41, 5.74) is 2.05. The minimum atomic E-state index is 0.441. The minimum absolute atomic E-state index is 0.441. The Kier molecular flexibility index (Phi) is 4.59. The second-order valence-electron chi connectivity index (χ2n) is 5.16. The van der Waals surface area contributed by atoms with Gasteiger partial charge in [-0.3, -0.25) is 0 Å². The summed E-state index contributed by atoms with van der Waals surface area (Å²) in [6.07, 6.45) is 4.85. The van der Waals surface area contributed by atoms with Crippen LogP contribution in [0.15, 0.2) is 11.6 Å². The van der Waals surface area contributed by atoms with Crippen LogP contribution in [-0.4, -0.2) is 0 Å². The molecule has 0 unspecified atom stereocenters. The van der Waals surface area contributed by atoms with Gasteiger partial charge in [-0.05, 0) is 24.2 Å². The minimum Gasteiger partial charge on any atom is -0.0828 e. The van der Waals surface area contributed by atoms with Gasteiger partial charge < -0.3 is 0 Å². The van der Waals surface area contributed by atoms with Crippen molar-refractivity contribution in [3.63, 3.8) is 0 Å². The van der Waals surface area contributed by atoms with E-state index in [1.165, 1.54) is 12.8 Å². The van der Waals surface area contributed by atoms with Crippen molar-refractivity contribution < 1.29 is 0 Å². The van der Waals surface area contributed by atoms with Gasteiger partial charge >= 0.3 is 0 Å². The summed E-state index contributed by atoms with van der Waals surface area (Å²) in [7, 11) is 0. The third-order valence-electron chi connectivity index (χ3n) is 1.78. The first-order valence-corrected chi connectivity index (χ1v) is 5.04. The van der Waals surface area contributed by atoms with Crippen molar-refractivity contribution in [3.05, 3.63) is 11.6 Å². The molecule has 0 heterocycles. The average molecular weight is 168 g/mol. The predicted molar refractivity (Wildman–Crippen MR) is 57.3 cm³/mol. The average Bonchev–Trinajstić information content (AvgIpc) is 1.82. The lowest BCUT2D eigenvalue weighted by molar-refractivity contribution is 0.404. The van der Waals surface area contributed by atoms with Crippen LogP contribution in [0.25, 0.3) is 0 Å².